The second-order valence-corrected chi connectivity index (χ2v) is 5.29. The lowest BCUT2D eigenvalue weighted by molar-refractivity contribution is 0.0950. The Kier molecular flexibility index (Phi) is 5.29. The molecule has 0 saturated carbocycles. The number of nitrogens with zero attached hydrogens (tertiary/aromatic N) is 3. The van der Waals surface area contributed by atoms with Gasteiger partial charge in [0.2, 0.25) is 0 Å². The lowest BCUT2D eigenvalue weighted by Crippen LogP contribution is -2.33. The van der Waals surface area contributed by atoms with Crippen LogP contribution >= 0.6 is 0 Å². The normalized spacial score (nSPS) is 16.9. The highest BCUT2D eigenvalue weighted by Gasteiger charge is 2.16. The Morgan fingerprint density at radius 3 is 2.70 bits per heavy atom. The van der Waals surface area contributed by atoms with E-state index in [-0.39, 0.29) is 5.91 Å². The first-order valence-corrected chi connectivity index (χ1v) is 7.23. The van der Waals surface area contributed by atoms with E-state index < -0.39 is 0 Å². The Labute approximate surface area is 120 Å². The third-order valence-electron chi connectivity index (χ3n) is 3.64. The van der Waals surface area contributed by atoms with Crippen molar-refractivity contribution in [2.75, 3.05) is 38.5 Å². The summed E-state index contributed by atoms with van der Waals surface area (Å²) in [7, 11) is 2.16. The van der Waals surface area contributed by atoms with Gasteiger partial charge in [-0.2, -0.15) is 0 Å². The molecule has 110 valence electrons. The maximum Gasteiger partial charge on any atom is 0.271 e. The Balaban J connectivity index is 1.80. The van der Waals surface area contributed by atoms with Gasteiger partial charge in [-0.3, -0.25) is 4.79 Å². The van der Waals surface area contributed by atoms with E-state index in [2.05, 4.69) is 32.8 Å². The molecule has 2 rings (SSSR count). The van der Waals surface area contributed by atoms with E-state index in [0.29, 0.717) is 18.2 Å². The Morgan fingerprint density at radius 2 is 2.10 bits per heavy atom. The van der Waals surface area contributed by atoms with Crippen LogP contribution in [0.5, 0.6) is 0 Å². The number of rotatable bonds is 5. The number of anilines is 1. The van der Waals surface area contributed by atoms with Crippen molar-refractivity contribution < 1.29 is 4.79 Å². The first-order valence-electron chi connectivity index (χ1n) is 7.23. The highest BCUT2D eigenvalue weighted by Crippen LogP contribution is 2.16. The van der Waals surface area contributed by atoms with E-state index in [4.69, 9.17) is 0 Å². The quantitative estimate of drug-likeness (QED) is 0.839. The van der Waals surface area contributed by atoms with Crippen LogP contribution in [0.3, 0.4) is 0 Å². The maximum absolute atomic E-state index is 11.6. The lowest BCUT2D eigenvalue weighted by atomic mass is 9.97. The molecule has 0 aromatic carbocycles. The van der Waals surface area contributed by atoms with Crippen LogP contribution in [0.4, 0.5) is 5.82 Å². The molecule has 6 nitrogen and oxygen atoms in total. The minimum absolute atomic E-state index is 0.179. The average Bonchev–Trinajstić information content (AvgIpc) is 2.47. The van der Waals surface area contributed by atoms with E-state index in [9.17, 15) is 4.79 Å². The molecule has 6 heteroatoms. The van der Waals surface area contributed by atoms with Gasteiger partial charge in [0.05, 0.1) is 0 Å². The number of carbonyl (C=O) groups excluding carboxylic acids is 1. The van der Waals surface area contributed by atoms with Gasteiger partial charge in [-0.15, -0.1) is 10.2 Å². The van der Waals surface area contributed by atoms with E-state index >= 15 is 0 Å². The topological polar surface area (TPSA) is 70.2 Å². The van der Waals surface area contributed by atoms with Crippen molar-refractivity contribution in [1.29, 1.82) is 0 Å². The third kappa shape index (κ3) is 4.16. The predicted molar refractivity (Wildman–Crippen MR) is 78.7 cm³/mol. The summed E-state index contributed by atoms with van der Waals surface area (Å²) in [5.41, 5.74) is 0.358. The standard InChI is InChI=1S/C14H23N5O/c1-3-15-14(20)12-4-5-13(18-17-12)16-10-11-6-8-19(2)9-7-11/h4-5,11H,3,6-10H2,1-2H3,(H,15,20)(H,16,18). The molecule has 2 heterocycles. The Morgan fingerprint density at radius 1 is 1.35 bits per heavy atom. The summed E-state index contributed by atoms with van der Waals surface area (Å²) < 4.78 is 0. The van der Waals surface area contributed by atoms with Crippen LogP contribution in [0, 0.1) is 5.92 Å². The van der Waals surface area contributed by atoms with Gasteiger partial charge in [-0.1, -0.05) is 0 Å². The van der Waals surface area contributed by atoms with Gasteiger partial charge in [-0.25, -0.2) is 0 Å². The molecular formula is C14H23N5O. The number of piperidine rings is 1. The van der Waals surface area contributed by atoms with Crippen molar-refractivity contribution in [3.05, 3.63) is 17.8 Å². The molecule has 2 N–H and O–H groups in total. The average molecular weight is 277 g/mol. The van der Waals surface area contributed by atoms with Gasteiger partial charge in [0.15, 0.2) is 5.69 Å². The summed E-state index contributed by atoms with van der Waals surface area (Å²) in [5, 5.41) is 14.0. The zero-order chi connectivity index (χ0) is 14.4. The predicted octanol–water partition coefficient (Wildman–Crippen LogP) is 0.980. The summed E-state index contributed by atoms with van der Waals surface area (Å²) >= 11 is 0. The molecular weight excluding hydrogens is 254 g/mol. The highest BCUT2D eigenvalue weighted by atomic mass is 16.1. The summed E-state index contributed by atoms with van der Waals surface area (Å²) in [6.45, 7) is 5.71. The van der Waals surface area contributed by atoms with Crippen LogP contribution in [0.15, 0.2) is 12.1 Å². The lowest BCUT2D eigenvalue weighted by Gasteiger charge is -2.28. The fraction of sp³-hybridized carbons (Fsp3) is 0.643. The number of amides is 1. The molecule has 1 aromatic rings. The zero-order valence-electron chi connectivity index (χ0n) is 12.2. The van der Waals surface area contributed by atoms with Crippen LogP contribution in [0.2, 0.25) is 0 Å². The van der Waals surface area contributed by atoms with Crippen molar-refractivity contribution in [1.82, 2.24) is 20.4 Å². The Hall–Kier alpha value is -1.69. The summed E-state index contributed by atoms with van der Waals surface area (Å²) in [6.07, 6.45) is 2.43. The maximum atomic E-state index is 11.6. The van der Waals surface area contributed by atoms with Gasteiger partial charge < -0.3 is 15.5 Å². The molecule has 0 atom stereocenters. The molecule has 1 aliphatic heterocycles. The molecule has 0 bridgehead atoms. The molecule has 0 unspecified atom stereocenters. The molecule has 1 saturated heterocycles. The fourth-order valence-electron chi connectivity index (χ4n) is 2.31. The molecule has 1 amide bonds. The number of likely N-dealkylation sites (tertiary alicyclic amines) is 1. The number of carbonyl (C=O) groups is 1. The highest BCUT2D eigenvalue weighted by molar-refractivity contribution is 5.92. The molecule has 0 aliphatic carbocycles. The molecule has 0 spiro atoms. The number of hydrogen-bond acceptors (Lipinski definition) is 5. The van der Waals surface area contributed by atoms with E-state index in [1.165, 1.54) is 12.8 Å². The van der Waals surface area contributed by atoms with Crippen LogP contribution in [-0.4, -0.2) is 54.2 Å². The van der Waals surface area contributed by atoms with E-state index in [0.717, 1.165) is 25.5 Å². The van der Waals surface area contributed by atoms with Gasteiger partial charge in [0, 0.05) is 13.1 Å². The van der Waals surface area contributed by atoms with Crippen molar-refractivity contribution >= 4 is 11.7 Å². The first-order chi connectivity index (χ1) is 9.69. The number of nitrogens with one attached hydrogen (secondary N) is 2. The smallest absolute Gasteiger partial charge is 0.271 e. The van der Waals surface area contributed by atoms with Gasteiger partial charge in [-0.05, 0) is 58.0 Å². The van der Waals surface area contributed by atoms with Crippen LogP contribution in [0.25, 0.3) is 0 Å². The minimum Gasteiger partial charge on any atom is -0.368 e. The van der Waals surface area contributed by atoms with Crippen LogP contribution in [0.1, 0.15) is 30.3 Å². The summed E-state index contributed by atoms with van der Waals surface area (Å²) in [4.78, 5) is 13.9. The SMILES string of the molecule is CCNC(=O)c1ccc(NCC2CCN(C)CC2)nn1. The van der Waals surface area contributed by atoms with Crippen molar-refractivity contribution in [2.24, 2.45) is 5.92 Å². The number of aromatic nitrogens is 2. The van der Waals surface area contributed by atoms with Gasteiger partial charge in [0.1, 0.15) is 5.82 Å². The molecule has 0 radical (unpaired) electrons. The van der Waals surface area contributed by atoms with Gasteiger partial charge >= 0.3 is 0 Å². The van der Waals surface area contributed by atoms with Crippen LogP contribution < -0.4 is 10.6 Å². The second-order valence-electron chi connectivity index (χ2n) is 5.29. The van der Waals surface area contributed by atoms with Crippen molar-refractivity contribution in [3.63, 3.8) is 0 Å². The minimum atomic E-state index is -0.179. The summed E-state index contributed by atoms with van der Waals surface area (Å²) in [5.74, 6) is 1.25. The second kappa shape index (κ2) is 7.19. The summed E-state index contributed by atoms with van der Waals surface area (Å²) in [6, 6.07) is 3.52. The van der Waals surface area contributed by atoms with Crippen LogP contribution in [-0.2, 0) is 0 Å². The molecule has 20 heavy (non-hydrogen) atoms. The monoisotopic (exact) mass is 277 g/mol. The van der Waals surface area contributed by atoms with Crippen molar-refractivity contribution in [3.8, 4) is 0 Å². The first kappa shape index (κ1) is 14.7. The largest absolute Gasteiger partial charge is 0.368 e. The molecule has 1 aromatic heterocycles. The van der Waals surface area contributed by atoms with Gasteiger partial charge in [0.25, 0.3) is 5.91 Å². The molecule has 1 aliphatic rings. The third-order valence-corrected chi connectivity index (χ3v) is 3.64. The fourth-order valence-corrected chi connectivity index (χ4v) is 2.31. The zero-order valence-corrected chi connectivity index (χ0v) is 12.2. The number of hydrogen-bond donors (Lipinski definition) is 2. The molecule has 1 fully saturated rings. The Bertz CT molecular complexity index is 426. The van der Waals surface area contributed by atoms with E-state index in [1.54, 1.807) is 6.07 Å². The van der Waals surface area contributed by atoms with Crippen molar-refractivity contribution in [2.45, 2.75) is 19.8 Å². The van der Waals surface area contributed by atoms with E-state index in [1.807, 2.05) is 13.0 Å².